The van der Waals surface area contributed by atoms with Crippen molar-refractivity contribution in [2.24, 2.45) is 13.0 Å². The van der Waals surface area contributed by atoms with Gasteiger partial charge in [-0.05, 0) is 68.4 Å². The molecule has 5 rings (SSSR count). The van der Waals surface area contributed by atoms with Crippen molar-refractivity contribution in [3.8, 4) is 0 Å². The maximum absolute atomic E-state index is 12.9. The van der Waals surface area contributed by atoms with E-state index in [-0.39, 0.29) is 0 Å². The zero-order valence-corrected chi connectivity index (χ0v) is 19.1. The molecule has 1 saturated heterocycles. The minimum atomic E-state index is -4.21. The van der Waals surface area contributed by atoms with E-state index in [9.17, 15) is 13.2 Å². The Morgan fingerprint density at radius 2 is 2.00 bits per heavy atom. The monoisotopic (exact) mass is 463 g/mol. The number of aryl methyl sites for hydroxylation is 1. The Hall–Kier alpha value is -2.16. The second kappa shape index (κ2) is 8.65. The zero-order valence-electron chi connectivity index (χ0n) is 18.2. The van der Waals surface area contributed by atoms with E-state index in [1.54, 1.807) is 6.07 Å². The summed E-state index contributed by atoms with van der Waals surface area (Å²) >= 11 is 1.12. The second-order valence-corrected chi connectivity index (χ2v) is 10.3. The average Bonchev–Trinajstić information content (AvgIpc) is 3.23. The van der Waals surface area contributed by atoms with Crippen LogP contribution in [0.2, 0.25) is 0 Å². The highest BCUT2D eigenvalue weighted by atomic mass is 32.1. The van der Waals surface area contributed by atoms with E-state index in [1.165, 1.54) is 43.3 Å². The number of fused-ring (bicyclic) bond motifs is 2. The van der Waals surface area contributed by atoms with Gasteiger partial charge in [-0.3, -0.25) is 4.68 Å². The van der Waals surface area contributed by atoms with Gasteiger partial charge in [0, 0.05) is 30.7 Å². The van der Waals surface area contributed by atoms with Crippen LogP contribution in [0.3, 0.4) is 0 Å². The summed E-state index contributed by atoms with van der Waals surface area (Å²) in [5.41, 5.74) is 2.83. The highest BCUT2D eigenvalue weighted by molar-refractivity contribution is 7.18. The molecule has 3 aromatic rings. The number of anilines is 1. The molecule has 0 amide bonds. The van der Waals surface area contributed by atoms with E-state index in [0.717, 1.165) is 54.9 Å². The molecule has 172 valence electrons. The number of nitrogens with zero attached hydrogens (tertiary/aromatic N) is 5. The fraction of sp³-hybridized carbons (Fsp3) is 0.609. The fourth-order valence-corrected chi connectivity index (χ4v) is 6.51. The van der Waals surface area contributed by atoms with Gasteiger partial charge in [-0.2, -0.15) is 18.3 Å². The molecule has 9 heteroatoms. The van der Waals surface area contributed by atoms with Crippen molar-refractivity contribution < 1.29 is 13.2 Å². The summed E-state index contributed by atoms with van der Waals surface area (Å²) in [5.74, 6) is 2.03. The van der Waals surface area contributed by atoms with Gasteiger partial charge in [-0.15, -0.1) is 11.3 Å². The molecule has 2 atom stereocenters. The number of halogens is 3. The molecule has 3 aromatic heterocycles. The summed E-state index contributed by atoms with van der Waals surface area (Å²) in [4.78, 5) is 11.9. The van der Waals surface area contributed by atoms with E-state index in [2.05, 4.69) is 26.2 Å². The summed E-state index contributed by atoms with van der Waals surface area (Å²) in [6, 6.07) is 1.64. The van der Waals surface area contributed by atoms with Crippen LogP contribution in [0.25, 0.3) is 10.2 Å². The Bertz CT molecular complexity index is 1090. The molecular formula is C23H28F3N5S. The molecule has 0 saturated carbocycles. The third-order valence-corrected chi connectivity index (χ3v) is 8.04. The van der Waals surface area contributed by atoms with Crippen molar-refractivity contribution in [2.75, 3.05) is 18.0 Å². The maximum Gasteiger partial charge on any atom is 0.393 e. The fourth-order valence-electron chi connectivity index (χ4n) is 5.49. The molecule has 0 aromatic carbocycles. The molecule has 0 bridgehead atoms. The van der Waals surface area contributed by atoms with E-state index < -0.39 is 12.6 Å². The molecule has 0 spiro atoms. The van der Waals surface area contributed by atoms with Gasteiger partial charge in [0.05, 0.1) is 18.0 Å². The van der Waals surface area contributed by atoms with E-state index in [0.29, 0.717) is 21.5 Å². The van der Waals surface area contributed by atoms with Crippen molar-refractivity contribution in [1.29, 1.82) is 0 Å². The summed E-state index contributed by atoms with van der Waals surface area (Å²) < 4.78 is 40.6. The quantitative estimate of drug-likeness (QED) is 0.502. The van der Waals surface area contributed by atoms with Crippen LogP contribution in [0.1, 0.15) is 60.6 Å². The lowest BCUT2D eigenvalue weighted by molar-refractivity contribution is -0.126. The third-order valence-electron chi connectivity index (χ3n) is 7.00. The average molecular weight is 464 g/mol. The van der Waals surface area contributed by atoms with Crippen LogP contribution in [-0.4, -0.2) is 39.0 Å². The Morgan fingerprint density at radius 1 is 1.12 bits per heavy atom. The Kier molecular flexibility index (Phi) is 5.86. The minimum absolute atomic E-state index is 0.298. The summed E-state index contributed by atoms with van der Waals surface area (Å²) in [7, 11) is 2.04. The number of hydrogen-bond acceptors (Lipinski definition) is 5. The number of rotatable bonds is 4. The van der Waals surface area contributed by atoms with Crippen LogP contribution in [-0.2, 0) is 19.9 Å². The number of alkyl halides is 3. The second-order valence-electron chi connectivity index (χ2n) is 9.20. The van der Waals surface area contributed by atoms with Gasteiger partial charge in [0.2, 0.25) is 0 Å². The van der Waals surface area contributed by atoms with Crippen LogP contribution in [0.5, 0.6) is 0 Å². The van der Waals surface area contributed by atoms with Gasteiger partial charge in [-0.25, -0.2) is 9.97 Å². The minimum Gasteiger partial charge on any atom is -0.356 e. The molecule has 32 heavy (non-hydrogen) atoms. The third kappa shape index (κ3) is 4.49. The molecule has 1 fully saturated rings. The highest BCUT2D eigenvalue weighted by Gasteiger charge is 2.30. The van der Waals surface area contributed by atoms with Crippen molar-refractivity contribution in [3.05, 3.63) is 34.7 Å². The number of thiophene rings is 1. The van der Waals surface area contributed by atoms with Crippen molar-refractivity contribution >= 4 is 27.4 Å². The van der Waals surface area contributed by atoms with Gasteiger partial charge >= 0.3 is 6.18 Å². The Balaban J connectivity index is 1.29. The topological polar surface area (TPSA) is 46.8 Å². The summed E-state index contributed by atoms with van der Waals surface area (Å²) in [6.07, 6.45) is 6.55. The predicted molar refractivity (Wildman–Crippen MR) is 120 cm³/mol. The first-order valence-corrected chi connectivity index (χ1v) is 12.2. The van der Waals surface area contributed by atoms with Crippen molar-refractivity contribution in [3.63, 3.8) is 0 Å². The molecule has 5 nitrogen and oxygen atoms in total. The standard InChI is InChI=1S/C23H28F3N5S/c1-30-20-6-2-5-16(19(20)13-29-30)10-15-4-3-8-31(9-7-15)21-18-11-17(12-23(24,25)26)32-22(18)28-14-27-21/h11,13-16H,2-10,12H2,1H3/t15-,16-/m0/s1. The van der Waals surface area contributed by atoms with Crippen LogP contribution < -0.4 is 4.90 Å². The summed E-state index contributed by atoms with van der Waals surface area (Å²) in [5, 5.41) is 5.24. The largest absolute Gasteiger partial charge is 0.393 e. The molecule has 1 aliphatic heterocycles. The molecule has 0 unspecified atom stereocenters. The highest BCUT2D eigenvalue weighted by Crippen LogP contribution is 2.39. The lowest BCUT2D eigenvalue weighted by atomic mass is 9.79. The Labute approximate surface area is 189 Å². The van der Waals surface area contributed by atoms with Crippen molar-refractivity contribution in [2.45, 2.75) is 63.5 Å². The molecule has 0 radical (unpaired) electrons. The van der Waals surface area contributed by atoms with Crippen LogP contribution >= 0.6 is 11.3 Å². The molecular weight excluding hydrogens is 435 g/mol. The zero-order chi connectivity index (χ0) is 22.3. The number of hydrogen-bond donors (Lipinski definition) is 0. The first-order chi connectivity index (χ1) is 15.4. The lowest BCUT2D eigenvalue weighted by Crippen LogP contribution is -2.25. The van der Waals surface area contributed by atoms with E-state index in [1.807, 2.05) is 11.7 Å². The predicted octanol–water partition coefficient (Wildman–Crippen LogP) is 5.65. The van der Waals surface area contributed by atoms with Gasteiger partial charge in [0.15, 0.2) is 0 Å². The molecule has 2 aliphatic rings. The maximum atomic E-state index is 12.9. The molecule has 1 aliphatic carbocycles. The smallest absolute Gasteiger partial charge is 0.356 e. The van der Waals surface area contributed by atoms with Crippen molar-refractivity contribution in [1.82, 2.24) is 19.7 Å². The van der Waals surface area contributed by atoms with Gasteiger partial charge in [-0.1, -0.05) is 0 Å². The lowest BCUT2D eigenvalue weighted by Gasteiger charge is -2.27. The van der Waals surface area contributed by atoms with Crippen LogP contribution in [0, 0.1) is 5.92 Å². The summed E-state index contributed by atoms with van der Waals surface area (Å²) in [6.45, 7) is 1.77. The SMILES string of the molecule is Cn1ncc2c1CCC[C@H]2C[C@H]1CCCN(c2ncnc3sc(CC(F)(F)F)cc23)CC1. The van der Waals surface area contributed by atoms with Gasteiger partial charge in [0.25, 0.3) is 0 Å². The van der Waals surface area contributed by atoms with E-state index in [4.69, 9.17) is 0 Å². The van der Waals surface area contributed by atoms with Gasteiger partial charge in [0.1, 0.15) is 17.0 Å². The molecule has 4 heterocycles. The van der Waals surface area contributed by atoms with E-state index >= 15 is 0 Å². The Morgan fingerprint density at radius 3 is 2.84 bits per heavy atom. The normalized spacial score (nSPS) is 22.2. The van der Waals surface area contributed by atoms with Crippen LogP contribution in [0.4, 0.5) is 19.0 Å². The first kappa shape index (κ1) is 21.7. The molecule has 0 N–H and O–H groups in total. The number of aromatic nitrogens is 4. The van der Waals surface area contributed by atoms with Crippen LogP contribution in [0.15, 0.2) is 18.6 Å². The first-order valence-electron chi connectivity index (χ1n) is 11.4. The van der Waals surface area contributed by atoms with Gasteiger partial charge < -0.3 is 4.90 Å².